The topological polar surface area (TPSA) is 23.5 Å². The van der Waals surface area contributed by atoms with Gasteiger partial charge in [-0.2, -0.15) is 0 Å². The van der Waals surface area contributed by atoms with Crippen LogP contribution in [0.2, 0.25) is 0 Å². The van der Waals surface area contributed by atoms with Gasteiger partial charge in [0.2, 0.25) is 0 Å². The fraction of sp³-hybridized carbons (Fsp3) is 0.600. The molecule has 0 fully saturated rings. The van der Waals surface area contributed by atoms with E-state index in [1.165, 1.54) is 5.00 Å². The van der Waals surface area contributed by atoms with Gasteiger partial charge in [0.1, 0.15) is 0 Å². The van der Waals surface area contributed by atoms with E-state index in [1.807, 2.05) is 0 Å². The van der Waals surface area contributed by atoms with E-state index in [4.69, 9.17) is 5.11 Å². The lowest BCUT2D eigenvalue weighted by molar-refractivity contribution is 0.226. The molecular formula is C10H17NOS. The molecule has 0 aliphatic heterocycles. The maximum Gasteiger partial charge on any atom is 0.0905 e. The van der Waals surface area contributed by atoms with Gasteiger partial charge >= 0.3 is 0 Å². The molecule has 0 aliphatic carbocycles. The van der Waals surface area contributed by atoms with Crippen molar-refractivity contribution < 1.29 is 5.11 Å². The van der Waals surface area contributed by atoms with Gasteiger partial charge in [0, 0.05) is 20.2 Å². The molecular weight excluding hydrogens is 182 g/mol. The first-order valence-corrected chi connectivity index (χ1v) is 5.51. The lowest BCUT2D eigenvalue weighted by Gasteiger charge is -2.22. The van der Waals surface area contributed by atoms with Crippen LogP contribution in [0.25, 0.3) is 0 Å². The minimum absolute atomic E-state index is 0.284. The molecule has 1 aromatic rings. The maximum absolute atomic E-state index is 9.05. The number of nitrogens with zero attached hydrogens (tertiary/aromatic N) is 1. The molecule has 0 amide bonds. The second kappa shape index (κ2) is 5.25. The maximum atomic E-state index is 9.05. The van der Waals surface area contributed by atoms with Crippen LogP contribution in [-0.2, 0) is 0 Å². The van der Waals surface area contributed by atoms with Gasteiger partial charge in [-0.25, -0.2) is 0 Å². The summed E-state index contributed by atoms with van der Waals surface area (Å²) in [6.45, 7) is 3.34. The van der Waals surface area contributed by atoms with Gasteiger partial charge in [0.25, 0.3) is 0 Å². The van der Waals surface area contributed by atoms with E-state index in [9.17, 15) is 0 Å². The van der Waals surface area contributed by atoms with Crippen molar-refractivity contribution in [3.8, 4) is 0 Å². The molecule has 1 N–H and O–H groups in total. The zero-order valence-corrected chi connectivity index (χ0v) is 9.05. The molecule has 1 rings (SSSR count). The number of hydrogen-bond acceptors (Lipinski definition) is 3. The Morgan fingerprint density at radius 2 is 2.38 bits per heavy atom. The second-order valence-electron chi connectivity index (χ2n) is 3.29. The Balaban J connectivity index is 2.45. The minimum Gasteiger partial charge on any atom is -0.396 e. The highest BCUT2D eigenvalue weighted by molar-refractivity contribution is 7.14. The molecule has 74 valence electrons. The molecule has 13 heavy (non-hydrogen) atoms. The quantitative estimate of drug-likeness (QED) is 0.786. The Bertz CT molecular complexity index is 219. The van der Waals surface area contributed by atoms with Crippen molar-refractivity contribution >= 4 is 16.3 Å². The standard InChI is InChI=1S/C10H17NOS/c1-3-9(8-12)7-11(2)10-5-4-6-13-10/h4-6,9,12H,3,7-8H2,1-2H3. The lowest BCUT2D eigenvalue weighted by Crippen LogP contribution is -2.26. The van der Waals surface area contributed by atoms with Crippen LogP contribution in [0.3, 0.4) is 0 Å². The Labute approximate surface area is 83.8 Å². The number of thiophene rings is 1. The highest BCUT2D eigenvalue weighted by atomic mass is 32.1. The summed E-state index contributed by atoms with van der Waals surface area (Å²) < 4.78 is 0. The van der Waals surface area contributed by atoms with Crippen LogP contribution in [0.15, 0.2) is 17.5 Å². The summed E-state index contributed by atoms with van der Waals surface area (Å²) in [5.74, 6) is 0.395. The molecule has 1 heterocycles. The summed E-state index contributed by atoms with van der Waals surface area (Å²) in [5, 5.41) is 12.4. The Morgan fingerprint density at radius 3 is 2.85 bits per heavy atom. The molecule has 1 atom stereocenters. The summed E-state index contributed by atoms with van der Waals surface area (Å²) in [6.07, 6.45) is 1.03. The Kier molecular flexibility index (Phi) is 4.25. The van der Waals surface area contributed by atoms with E-state index < -0.39 is 0 Å². The average Bonchev–Trinajstić information content (AvgIpc) is 2.66. The smallest absolute Gasteiger partial charge is 0.0905 e. The third kappa shape index (κ3) is 3.01. The normalized spacial score (nSPS) is 12.8. The van der Waals surface area contributed by atoms with E-state index in [2.05, 4.69) is 36.4 Å². The van der Waals surface area contributed by atoms with Gasteiger partial charge in [-0.05, 0) is 29.9 Å². The van der Waals surface area contributed by atoms with Crippen molar-refractivity contribution in [2.24, 2.45) is 5.92 Å². The SMILES string of the molecule is CCC(CO)CN(C)c1cccs1. The van der Waals surface area contributed by atoms with E-state index in [1.54, 1.807) is 11.3 Å². The molecule has 2 nitrogen and oxygen atoms in total. The highest BCUT2D eigenvalue weighted by Gasteiger charge is 2.09. The zero-order valence-electron chi connectivity index (χ0n) is 8.23. The van der Waals surface area contributed by atoms with E-state index in [0.717, 1.165) is 13.0 Å². The highest BCUT2D eigenvalue weighted by Crippen LogP contribution is 2.20. The van der Waals surface area contributed by atoms with Crippen LogP contribution in [0.5, 0.6) is 0 Å². The summed E-state index contributed by atoms with van der Waals surface area (Å²) in [5.41, 5.74) is 0. The fourth-order valence-electron chi connectivity index (χ4n) is 1.28. The molecule has 3 heteroatoms. The first-order chi connectivity index (χ1) is 6.27. The molecule has 0 saturated carbocycles. The van der Waals surface area contributed by atoms with Gasteiger partial charge in [0.05, 0.1) is 5.00 Å². The Morgan fingerprint density at radius 1 is 1.62 bits per heavy atom. The number of aliphatic hydroxyl groups is 1. The number of rotatable bonds is 5. The summed E-state index contributed by atoms with van der Waals surface area (Å²) in [7, 11) is 2.07. The molecule has 1 unspecified atom stereocenters. The lowest BCUT2D eigenvalue weighted by atomic mass is 10.1. The largest absolute Gasteiger partial charge is 0.396 e. The van der Waals surface area contributed by atoms with Crippen molar-refractivity contribution in [2.45, 2.75) is 13.3 Å². The van der Waals surface area contributed by atoms with Gasteiger partial charge < -0.3 is 10.0 Å². The Hall–Kier alpha value is -0.540. The summed E-state index contributed by atoms with van der Waals surface area (Å²) >= 11 is 1.74. The van der Waals surface area contributed by atoms with Crippen LogP contribution in [0.4, 0.5) is 5.00 Å². The molecule has 0 saturated heterocycles. The van der Waals surface area contributed by atoms with Crippen molar-refractivity contribution in [3.63, 3.8) is 0 Å². The van der Waals surface area contributed by atoms with Gasteiger partial charge in [-0.15, -0.1) is 11.3 Å². The minimum atomic E-state index is 0.284. The van der Waals surface area contributed by atoms with Gasteiger partial charge in [0.15, 0.2) is 0 Å². The molecule has 1 aromatic heterocycles. The number of aliphatic hydroxyl groups excluding tert-OH is 1. The molecule has 0 aromatic carbocycles. The molecule has 0 aliphatic rings. The molecule has 0 spiro atoms. The summed E-state index contributed by atoms with van der Waals surface area (Å²) in [4.78, 5) is 2.20. The predicted molar refractivity (Wildman–Crippen MR) is 58.5 cm³/mol. The first kappa shape index (κ1) is 10.5. The third-order valence-electron chi connectivity index (χ3n) is 2.25. The van der Waals surface area contributed by atoms with E-state index in [0.29, 0.717) is 5.92 Å². The van der Waals surface area contributed by atoms with Gasteiger partial charge in [-0.1, -0.05) is 6.92 Å². The van der Waals surface area contributed by atoms with Crippen molar-refractivity contribution in [2.75, 3.05) is 25.1 Å². The van der Waals surface area contributed by atoms with Crippen molar-refractivity contribution in [1.29, 1.82) is 0 Å². The van der Waals surface area contributed by atoms with E-state index >= 15 is 0 Å². The van der Waals surface area contributed by atoms with Crippen LogP contribution in [0, 0.1) is 5.92 Å². The van der Waals surface area contributed by atoms with Crippen molar-refractivity contribution in [1.82, 2.24) is 0 Å². The summed E-state index contributed by atoms with van der Waals surface area (Å²) in [6, 6.07) is 4.16. The second-order valence-corrected chi connectivity index (χ2v) is 4.21. The monoisotopic (exact) mass is 199 g/mol. The van der Waals surface area contributed by atoms with Crippen LogP contribution in [0.1, 0.15) is 13.3 Å². The number of anilines is 1. The zero-order chi connectivity index (χ0) is 9.68. The first-order valence-electron chi connectivity index (χ1n) is 4.63. The number of hydrogen-bond donors (Lipinski definition) is 1. The van der Waals surface area contributed by atoms with Crippen LogP contribution >= 0.6 is 11.3 Å². The molecule has 0 bridgehead atoms. The third-order valence-corrected chi connectivity index (χ3v) is 3.23. The predicted octanol–water partition coefficient (Wildman–Crippen LogP) is 2.20. The molecule has 0 radical (unpaired) electrons. The fourth-order valence-corrected chi connectivity index (χ4v) is 1.99. The van der Waals surface area contributed by atoms with Crippen LogP contribution < -0.4 is 4.90 Å². The van der Waals surface area contributed by atoms with Crippen molar-refractivity contribution in [3.05, 3.63) is 17.5 Å². The van der Waals surface area contributed by atoms with E-state index in [-0.39, 0.29) is 6.61 Å². The van der Waals surface area contributed by atoms with Crippen LogP contribution in [-0.4, -0.2) is 25.3 Å². The average molecular weight is 199 g/mol. The van der Waals surface area contributed by atoms with Gasteiger partial charge in [-0.3, -0.25) is 0 Å².